The summed E-state index contributed by atoms with van der Waals surface area (Å²) in [6, 6.07) is 2.08. The van der Waals surface area contributed by atoms with E-state index in [-0.39, 0.29) is 5.41 Å². The second kappa shape index (κ2) is 2.40. The topological polar surface area (TPSA) is 13.1 Å². The number of rotatable bonds is 0. The van der Waals surface area contributed by atoms with Gasteiger partial charge in [-0.3, -0.25) is 0 Å². The number of furan rings is 1. The number of aryl methyl sites for hydroxylation is 2. The molecule has 1 rings (SSSR count). The molecule has 0 bridgehead atoms. The van der Waals surface area contributed by atoms with Gasteiger partial charge in [0, 0.05) is 5.41 Å². The third-order valence-corrected chi connectivity index (χ3v) is 1.72. The van der Waals surface area contributed by atoms with Crippen molar-refractivity contribution in [2.75, 3.05) is 0 Å². The lowest BCUT2D eigenvalue weighted by Crippen LogP contribution is -2.10. The van der Waals surface area contributed by atoms with Crippen LogP contribution in [-0.4, -0.2) is 0 Å². The van der Waals surface area contributed by atoms with Gasteiger partial charge in [-0.25, -0.2) is 0 Å². The Balaban J connectivity index is 3.13. The summed E-state index contributed by atoms with van der Waals surface area (Å²) in [6.07, 6.45) is 0. The van der Waals surface area contributed by atoms with Crippen LogP contribution in [0.25, 0.3) is 0 Å². The average Bonchev–Trinajstić information content (AvgIpc) is 2.08. The predicted octanol–water partition coefficient (Wildman–Crippen LogP) is 3.19. The zero-order valence-corrected chi connectivity index (χ0v) is 7.99. The van der Waals surface area contributed by atoms with Gasteiger partial charge in [-0.2, -0.15) is 0 Å². The van der Waals surface area contributed by atoms with E-state index in [1.165, 1.54) is 5.56 Å². The molecule has 0 aliphatic rings. The first-order valence-electron chi connectivity index (χ1n) is 3.99. The lowest BCUT2D eigenvalue weighted by Gasteiger charge is -2.15. The molecule has 0 unspecified atom stereocenters. The Morgan fingerprint density at radius 3 is 1.91 bits per heavy atom. The first-order valence-corrected chi connectivity index (χ1v) is 3.99. The smallest absolute Gasteiger partial charge is 0.112 e. The van der Waals surface area contributed by atoms with E-state index in [4.69, 9.17) is 4.42 Å². The van der Waals surface area contributed by atoms with Gasteiger partial charge in [-0.05, 0) is 25.5 Å². The highest BCUT2D eigenvalue weighted by Crippen LogP contribution is 2.27. The molecule has 0 atom stereocenters. The van der Waals surface area contributed by atoms with Crippen molar-refractivity contribution in [3.8, 4) is 0 Å². The fraction of sp³-hybridized carbons (Fsp3) is 0.600. The van der Waals surface area contributed by atoms with Gasteiger partial charge in [0.1, 0.15) is 11.5 Å². The highest BCUT2D eigenvalue weighted by molar-refractivity contribution is 5.24. The molecular formula is C10H16O. The van der Waals surface area contributed by atoms with Crippen LogP contribution in [0.3, 0.4) is 0 Å². The van der Waals surface area contributed by atoms with Gasteiger partial charge in [0.15, 0.2) is 0 Å². The van der Waals surface area contributed by atoms with Crippen molar-refractivity contribution in [2.24, 2.45) is 0 Å². The van der Waals surface area contributed by atoms with Crippen LogP contribution in [0, 0.1) is 13.8 Å². The second-order valence-corrected chi connectivity index (χ2v) is 4.12. The predicted molar refractivity (Wildman–Crippen MR) is 46.9 cm³/mol. The molecule has 0 amide bonds. The fourth-order valence-electron chi connectivity index (χ4n) is 1.39. The normalized spacial score (nSPS) is 12.1. The molecule has 0 aliphatic carbocycles. The Kier molecular flexibility index (Phi) is 1.83. The summed E-state index contributed by atoms with van der Waals surface area (Å²) in [4.78, 5) is 0. The quantitative estimate of drug-likeness (QED) is 0.556. The van der Waals surface area contributed by atoms with E-state index in [0.29, 0.717) is 0 Å². The molecule has 0 spiro atoms. The van der Waals surface area contributed by atoms with Crippen LogP contribution in [0.2, 0.25) is 0 Å². The van der Waals surface area contributed by atoms with Crippen molar-refractivity contribution in [3.63, 3.8) is 0 Å². The van der Waals surface area contributed by atoms with Crippen molar-refractivity contribution < 1.29 is 4.42 Å². The molecule has 1 heterocycles. The molecule has 11 heavy (non-hydrogen) atoms. The van der Waals surface area contributed by atoms with Crippen molar-refractivity contribution in [3.05, 3.63) is 23.2 Å². The summed E-state index contributed by atoms with van der Waals surface area (Å²) < 4.78 is 5.58. The van der Waals surface area contributed by atoms with Crippen LogP contribution in [0.1, 0.15) is 37.9 Å². The molecule has 0 N–H and O–H groups in total. The maximum atomic E-state index is 5.58. The van der Waals surface area contributed by atoms with Crippen LogP contribution in [-0.2, 0) is 5.41 Å². The molecule has 62 valence electrons. The Morgan fingerprint density at radius 2 is 1.73 bits per heavy atom. The molecule has 0 saturated heterocycles. The van der Waals surface area contributed by atoms with Crippen LogP contribution in [0.15, 0.2) is 10.5 Å². The first-order chi connectivity index (χ1) is 4.91. The lowest BCUT2D eigenvalue weighted by atomic mass is 9.91. The van der Waals surface area contributed by atoms with Gasteiger partial charge in [-0.15, -0.1) is 0 Å². The van der Waals surface area contributed by atoms with Crippen LogP contribution < -0.4 is 0 Å². The van der Waals surface area contributed by atoms with Gasteiger partial charge in [-0.1, -0.05) is 20.8 Å². The standard InChI is InChI=1S/C10H16O/c1-7-6-8(2)11-9(7)10(3,4)5/h6H,1-5H3. The Bertz CT molecular complexity index is 250. The van der Waals surface area contributed by atoms with Crippen molar-refractivity contribution in [1.29, 1.82) is 0 Å². The van der Waals surface area contributed by atoms with Crippen molar-refractivity contribution >= 4 is 0 Å². The molecule has 1 aromatic rings. The number of hydrogen-bond acceptors (Lipinski definition) is 1. The minimum atomic E-state index is 0.137. The third kappa shape index (κ3) is 1.65. The van der Waals surface area contributed by atoms with E-state index >= 15 is 0 Å². The van der Waals surface area contributed by atoms with E-state index in [0.717, 1.165) is 11.5 Å². The molecule has 1 nitrogen and oxygen atoms in total. The van der Waals surface area contributed by atoms with E-state index in [9.17, 15) is 0 Å². The largest absolute Gasteiger partial charge is 0.466 e. The highest BCUT2D eigenvalue weighted by atomic mass is 16.3. The molecule has 1 aromatic heterocycles. The second-order valence-electron chi connectivity index (χ2n) is 4.12. The minimum Gasteiger partial charge on any atom is -0.466 e. The van der Waals surface area contributed by atoms with Crippen LogP contribution in [0.4, 0.5) is 0 Å². The SMILES string of the molecule is Cc1cc(C)c(C(C)(C)C)o1. The Labute approximate surface area is 68.4 Å². The van der Waals surface area contributed by atoms with E-state index in [1.807, 2.05) is 6.92 Å². The molecule has 0 aliphatic heterocycles. The Hall–Kier alpha value is -0.720. The minimum absolute atomic E-state index is 0.137. The molecular weight excluding hydrogens is 136 g/mol. The molecule has 0 radical (unpaired) electrons. The summed E-state index contributed by atoms with van der Waals surface area (Å²) >= 11 is 0. The molecule has 0 fully saturated rings. The summed E-state index contributed by atoms with van der Waals surface area (Å²) in [7, 11) is 0. The first kappa shape index (κ1) is 8.38. The molecule has 1 heteroatoms. The molecule has 0 saturated carbocycles. The van der Waals surface area contributed by atoms with E-state index < -0.39 is 0 Å². The van der Waals surface area contributed by atoms with Gasteiger partial charge in [0.2, 0.25) is 0 Å². The van der Waals surface area contributed by atoms with Crippen LogP contribution in [0.5, 0.6) is 0 Å². The molecule has 0 aromatic carbocycles. The van der Waals surface area contributed by atoms with Gasteiger partial charge in [0.25, 0.3) is 0 Å². The average molecular weight is 152 g/mol. The summed E-state index contributed by atoms with van der Waals surface area (Å²) in [6.45, 7) is 10.6. The van der Waals surface area contributed by atoms with Crippen molar-refractivity contribution in [1.82, 2.24) is 0 Å². The lowest BCUT2D eigenvalue weighted by molar-refractivity contribution is 0.393. The van der Waals surface area contributed by atoms with Crippen LogP contribution >= 0.6 is 0 Å². The maximum Gasteiger partial charge on any atom is 0.112 e. The highest BCUT2D eigenvalue weighted by Gasteiger charge is 2.20. The van der Waals surface area contributed by atoms with Gasteiger partial charge >= 0.3 is 0 Å². The Morgan fingerprint density at radius 1 is 1.18 bits per heavy atom. The van der Waals surface area contributed by atoms with E-state index in [2.05, 4.69) is 33.8 Å². The zero-order chi connectivity index (χ0) is 8.65. The number of hydrogen-bond donors (Lipinski definition) is 0. The maximum absolute atomic E-state index is 5.58. The van der Waals surface area contributed by atoms with Crippen molar-refractivity contribution in [2.45, 2.75) is 40.0 Å². The third-order valence-electron chi connectivity index (χ3n) is 1.72. The van der Waals surface area contributed by atoms with Gasteiger partial charge < -0.3 is 4.42 Å². The van der Waals surface area contributed by atoms with Gasteiger partial charge in [0.05, 0.1) is 0 Å². The fourth-order valence-corrected chi connectivity index (χ4v) is 1.39. The van der Waals surface area contributed by atoms with E-state index in [1.54, 1.807) is 0 Å². The monoisotopic (exact) mass is 152 g/mol. The summed E-state index contributed by atoms with van der Waals surface area (Å²) in [5.41, 5.74) is 1.40. The zero-order valence-electron chi connectivity index (χ0n) is 7.99. The summed E-state index contributed by atoms with van der Waals surface area (Å²) in [5, 5.41) is 0. The summed E-state index contributed by atoms with van der Waals surface area (Å²) in [5.74, 6) is 2.11.